The van der Waals surface area contributed by atoms with Gasteiger partial charge in [-0.1, -0.05) is 6.92 Å². The molecule has 0 bridgehead atoms. The van der Waals surface area contributed by atoms with Crippen molar-refractivity contribution < 1.29 is 12.8 Å². The van der Waals surface area contributed by atoms with Gasteiger partial charge < -0.3 is 5.73 Å². The molecule has 0 aliphatic carbocycles. The van der Waals surface area contributed by atoms with Crippen LogP contribution in [0.4, 0.5) is 10.1 Å². The minimum atomic E-state index is -3.65. The van der Waals surface area contributed by atoms with Gasteiger partial charge >= 0.3 is 0 Å². The molecule has 1 aromatic carbocycles. The van der Waals surface area contributed by atoms with Crippen LogP contribution in [-0.2, 0) is 10.0 Å². The SMILES string of the molecule is CC1CC(C)N(S(=O)(=O)c2cc(N)cc(F)c2)C1. The van der Waals surface area contributed by atoms with Crippen molar-refractivity contribution in [3.05, 3.63) is 24.0 Å². The Morgan fingerprint density at radius 1 is 1.33 bits per heavy atom. The fourth-order valence-electron chi connectivity index (χ4n) is 2.47. The number of benzene rings is 1. The Bertz CT molecular complexity index is 539. The molecule has 0 radical (unpaired) electrons. The molecule has 6 heteroatoms. The molecular formula is C12H17FN2O2S. The minimum Gasteiger partial charge on any atom is -0.399 e. The number of hydrogen-bond donors (Lipinski definition) is 1. The predicted octanol–water partition coefficient (Wildman–Crippen LogP) is 1.83. The summed E-state index contributed by atoms with van der Waals surface area (Å²) in [6.45, 7) is 4.34. The van der Waals surface area contributed by atoms with Gasteiger partial charge in [-0.3, -0.25) is 0 Å². The zero-order chi connectivity index (χ0) is 13.5. The maximum absolute atomic E-state index is 13.3. The van der Waals surface area contributed by atoms with E-state index >= 15 is 0 Å². The van der Waals surface area contributed by atoms with E-state index in [0.717, 1.165) is 18.6 Å². The fraction of sp³-hybridized carbons (Fsp3) is 0.500. The second-order valence-corrected chi connectivity index (χ2v) is 6.88. The van der Waals surface area contributed by atoms with Gasteiger partial charge in [0.25, 0.3) is 0 Å². The van der Waals surface area contributed by atoms with Crippen LogP contribution in [0.5, 0.6) is 0 Å². The molecule has 2 atom stereocenters. The van der Waals surface area contributed by atoms with Gasteiger partial charge in [0.1, 0.15) is 5.82 Å². The number of halogens is 1. The predicted molar refractivity (Wildman–Crippen MR) is 67.9 cm³/mol. The molecule has 1 fully saturated rings. The van der Waals surface area contributed by atoms with Gasteiger partial charge in [-0.25, -0.2) is 12.8 Å². The Kier molecular flexibility index (Phi) is 3.33. The first-order valence-electron chi connectivity index (χ1n) is 5.88. The van der Waals surface area contributed by atoms with Gasteiger partial charge in [0.15, 0.2) is 0 Å². The molecule has 1 aromatic rings. The molecule has 2 N–H and O–H groups in total. The van der Waals surface area contributed by atoms with Crippen LogP contribution < -0.4 is 5.73 Å². The van der Waals surface area contributed by atoms with E-state index in [4.69, 9.17) is 5.73 Å². The van der Waals surface area contributed by atoms with Crippen LogP contribution in [-0.4, -0.2) is 25.3 Å². The maximum Gasteiger partial charge on any atom is 0.243 e. The fourth-order valence-corrected chi connectivity index (χ4v) is 4.29. The van der Waals surface area contributed by atoms with Gasteiger partial charge in [-0.2, -0.15) is 4.31 Å². The van der Waals surface area contributed by atoms with Crippen molar-refractivity contribution in [1.29, 1.82) is 0 Å². The highest BCUT2D eigenvalue weighted by atomic mass is 32.2. The normalized spacial score (nSPS) is 25.5. The summed E-state index contributed by atoms with van der Waals surface area (Å²) < 4.78 is 39.5. The van der Waals surface area contributed by atoms with Gasteiger partial charge in [0, 0.05) is 18.3 Å². The third kappa shape index (κ3) is 2.35. The number of nitrogens with two attached hydrogens (primary N) is 1. The molecule has 0 saturated carbocycles. The number of nitrogen functional groups attached to an aromatic ring is 1. The van der Waals surface area contributed by atoms with Gasteiger partial charge in [-0.05, 0) is 37.5 Å². The highest BCUT2D eigenvalue weighted by molar-refractivity contribution is 7.89. The van der Waals surface area contributed by atoms with E-state index in [1.54, 1.807) is 0 Å². The molecule has 100 valence electrons. The molecule has 18 heavy (non-hydrogen) atoms. The average Bonchev–Trinajstić information content (AvgIpc) is 2.57. The zero-order valence-corrected chi connectivity index (χ0v) is 11.2. The van der Waals surface area contributed by atoms with Crippen molar-refractivity contribution in [2.45, 2.75) is 31.2 Å². The van der Waals surface area contributed by atoms with E-state index in [0.29, 0.717) is 12.5 Å². The summed E-state index contributed by atoms with van der Waals surface area (Å²) in [7, 11) is -3.65. The van der Waals surface area contributed by atoms with Crippen LogP contribution in [0.1, 0.15) is 20.3 Å². The van der Waals surface area contributed by atoms with E-state index in [9.17, 15) is 12.8 Å². The Balaban J connectivity index is 2.42. The quantitative estimate of drug-likeness (QED) is 0.835. The Labute approximate surface area is 107 Å². The van der Waals surface area contributed by atoms with Crippen LogP contribution in [0, 0.1) is 11.7 Å². The largest absolute Gasteiger partial charge is 0.399 e. The van der Waals surface area contributed by atoms with E-state index in [-0.39, 0.29) is 16.6 Å². The maximum atomic E-state index is 13.3. The molecule has 2 rings (SSSR count). The molecule has 1 heterocycles. The first-order valence-corrected chi connectivity index (χ1v) is 7.32. The highest BCUT2D eigenvalue weighted by Crippen LogP contribution is 2.29. The van der Waals surface area contributed by atoms with Gasteiger partial charge in [-0.15, -0.1) is 0 Å². The van der Waals surface area contributed by atoms with Crippen molar-refractivity contribution in [2.24, 2.45) is 5.92 Å². The van der Waals surface area contributed by atoms with Crippen LogP contribution in [0.2, 0.25) is 0 Å². The standard InChI is InChI=1S/C12H17FN2O2S/c1-8-3-9(2)15(7-8)18(16,17)12-5-10(13)4-11(14)6-12/h4-6,8-9H,3,7,14H2,1-2H3. The lowest BCUT2D eigenvalue weighted by molar-refractivity contribution is 0.405. The lowest BCUT2D eigenvalue weighted by Gasteiger charge is -2.21. The van der Waals surface area contributed by atoms with E-state index < -0.39 is 15.8 Å². The van der Waals surface area contributed by atoms with Crippen LogP contribution in [0.25, 0.3) is 0 Å². The molecule has 0 amide bonds. The summed E-state index contributed by atoms with van der Waals surface area (Å²) in [5, 5.41) is 0. The van der Waals surface area contributed by atoms with E-state index in [2.05, 4.69) is 0 Å². The molecule has 1 aliphatic rings. The van der Waals surface area contributed by atoms with E-state index in [1.807, 2.05) is 13.8 Å². The molecule has 4 nitrogen and oxygen atoms in total. The summed E-state index contributed by atoms with van der Waals surface area (Å²) in [5.74, 6) is -0.311. The third-order valence-corrected chi connectivity index (χ3v) is 5.18. The summed E-state index contributed by atoms with van der Waals surface area (Å²) in [4.78, 5) is -0.0686. The first kappa shape index (κ1) is 13.3. The summed E-state index contributed by atoms with van der Waals surface area (Å²) >= 11 is 0. The van der Waals surface area contributed by atoms with Crippen molar-refractivity contribution in [3.63, 3.8) is 0 Å². The topological polar surface area (TPSA) is 63.4 Å². The monoisotopic (exact) mass is 272 g/mol. The number of rotatable bonds is 2. The number of nitrogens with zero attached hydrogens (tertiary/aromatic N) is 1. The molecule has 0 aromatic heterocycles. The van der Waals surface area contributed by atoms with E-state index in [1.165, 1.54) is 10.4 Å². The Hall–Kier alpha value is -1.14. The molecular weight excluding hydrogens is 255 g/mol. The van der Waals surface area contributed by atoms with Crippen molar-refractivity contribution in [2.75, 3.05) is 12.3 Å². The number of sulfonamides is 1. The lowest BCUT2D eigenvalue weighted by Crippen LogP contribution is -2.34. The van der Waals surface area contributed by atoms with Crippen LogP contribution >= 0.6 is 0 Å². The Morgan fingerprint density at radius 2 is 2.00 bits per heavy atom. The minimum absolute atomic E-state index is 0.0607. The first-order chi connectivity index (χ1) is 8.30. The Morgan fingerprint density at radius 3 is 2.50 bits per heavy atom. The summed E-state index contributed by atoms with van der Waals surface area (Å²) in [6, 6.07) is 3.36. The average molecular weight is 272 g/mol. The second-order valence-electron chi connectivity index (χ2n) is 4.98. The smallest absolute Gasteiger partial charge is 0.243 e. The third-order valence-electron chi connectivity index (χ3n) is 3.23. The molecule has 0 spiro atoms. The zero-order valence-electron chi connectivity index (χ0n) is 10.4. The number of anilines is 1. The van der Waals surface area contributed by atoms with Crippen molar-refractivity contribution in [1.82, 2.24) is 4.31 Å². The second kappa shape index (κ2) is 4.51. The molecule has 1 saturated heterocycles. The summed E-state index contributed by atoms with van der Waals surface area (Å²) in [5.41, 5.74) is 5.61. The molecule has 2 unspecified atom stereocenters. The van der Waals surface area contributed by atoms with Gasteiger partial charge in [0.05, 0.1) is 4.90 Å². The molecule has 1 aliphatic heterocycles. The number of hydrogen-bond acceptors (Lipinski definition) is 3. The van der Waals surface area contributed by atoms with Crippen molar-refractivity contribution in [3.8, 4) is 0 Å². The van der Waals surface area contributed by atoms with Crippen LogP contribution in [0.3, 0.4) is 0 Å². The lowest BCUT2D eigenvalue weighted by atomic mass is 10.1. The van der Waals surface area contributed by atoms with Gasteiger partial charge in [0.2, 0.25) is 10.0 Å². The van der Waals surface area contributed by atoms with Crippen molar-refractivity contribution >= 4 is 15.7 Å². The summed E-state index contributed by atoms with van der Waals surface area (Å²) in [6.07, 6.45) is 0.823. The van der Waals surface area contributed by atoms with Crippen LogP contribution in [0.15, 0.2) is 23.1 Å². The highest BCUT2D eigenvalue weighted by Gasteiger charge is 2.36.